The minimum absolute atomic E-state index is 0.00593. The number of aromatic nitrogens is 5. The van der Waals surface area contributed by atoms with Crippen LogP contribution in [0.1, 0.15) is 24.2 Å². The van der Waals surface area contributed by atoms with Gasteiger partial charge in [0.05, 0.1) is 11.7 Å². The first-order chi connectivity index (χ1) is 10.8. The molecule has 0 aliphatic carbocycles. The van der Waals surface area contributed by atoms with E-state index in [1.165, 1.54) is 12.5 Å². The standard InChI is InChI=1S/C15H13N7/c1-11(21-15-14(8-16)18-6-7-19-15)12-2-4-13(5-3-12)22-10-17-9-20-22/h2-7,9-11H,1H3,(H,19,21)/t11-/m1/s1. The van der Waals surface area contributed by atoms with Crippen molar-refractivity contribution >= 4 is 5.82 Å². The van der Waals surface area contributed by atoms with E-state index in [0.29, 0.717) is 5.82 Å². The number of nitriles is 1. The summed E-state index contributed by atoms with van der Waals surface area (Å²) < 4.78 is 1.69. The molecule has 1 aromatic carbocycles. The highest BCUT2D eigenvalue weighted by Crippen LogP contribution is 2.20. The Balaban J connectivity index is 1.78. The first kappa shape index (κ1) is 13.7. The van der Waals surface area contributed by atoms with E-state index in [0.717, 1.165) is 11.3 Å². The molecule has 1 atom stereocenters. The third kappa shape index (κ3) is 2.76. The van der Waals surface area contributed by atoms with Crippen LogP contribution in [0.5, 0.6) is 0 Å². The van der Waals surface area contributed by atoms with Gasteiger partial charge in [0.15, 0.2) is 11.5 Å². The van der Waals surface area contributed by atoms with E-state index in [1.54, 1.807) is 17.2 Å². The van der Waals surface area contributed by atoms with Crippen molar-refractivity contribution in [3.8, 4) is 11.8 Å². The van der Waals surface area contributed by atoms with Crippen molar-refractivity contribution in [3.05, 3.63) is 60.6 Å². The molecule has 108 valence electrons. The minimum Gasteiger partial charge on any atom is -0.361 e. The predicted octanol–water partition coefficient (Wildman–Crippen LogP) is 2.10. The van der Waals surface area contributed by atoms with Crippen molar-refractivity contribution in [2.24, 2.45) is 0 Å². The van der Waals surface area contributed by atoms with Crippen LogP contribution in [0, 0.1) is 11.3 Å². The van der Waals surface area contributed by atoms with Crippen LogP contribution in [0.15, 0.2) is 49.3 Å². The van der Waals surface area contributed by atoms with Gasteiger partial charge in [0.2, 0.25) is 0 Å². The Kier molecular flexibility index (Phi) is 3.74. The van der Waals surface area contributed by atoms with Gasteiger partial charge in [-0.15, -0.1) is 0 Å². The highest BCUT2D eigenvalue weighted by Gasteiger charge is 2.10. The zero-order chi connectivity index (χ0) is 15.4. The highest BCUT2D eigenvalue weighted by molar-refractivity contribution is 5.48. The maximum atomic E-state index is 9.04. The van der Waals surface area contributed by atoms with E-state index in [4.69, 9.17) is 5.26 Å². The fourth-order valence-electron chi connectivity index (χ4n) is 2.07. The summed E-state index contributed by atoms with van der Waals surface area (Å²) in [5.41, 5.74) is 2.29. The smallest absolute Gasteiger partial charge is 0.182 e. The number of hydrogen-bond donors (Lipinski definition) is 1. The van der Waals surface area contributed by atoms with Crippen LogP contribution in [0.2, 0.25) is 0 Å². The van der Waals surface area contributed by atoms with Gasteiger partial charge < -0.3 is 5.32 Å². The molecule has 0 saturated heterocycles. The van der Waals surface area contributed by atoms with E-state index in [9.17, 15) is 0 Å². The first-order valence-electron chi connectivity index (χ1n) is 6.70. The monoisotopic (exact) mass is 291 g/mol. The molecular formula is C15H13N7. The van der Waals surface area contributed by atoms with Crippen LogP contribution < -0.4 is 5.32 Å². The van der Waals surface area contributed by atoms with Crippen LogP contribution in [-0.2, 0) is 0 Å². The molecule has 0 aliphatic heterocycles. The van der Waals surface area contributed by atoms with Crippen molar-refractivity contribution in [3.63, 3.8) is 0 Å². The number of rotatable bonds is 4. The average molecular weight is 291 g/mol. The van der Waals surface area contributed by atoms with Crippen LogP contribution in [0.3, 0.4) is 0 Å². The second-order valence-electron chi connectivity index (χ2n) is 4.66. The van der Waals surface area contributed by atoms with Gasteiger partial charge in [-0.25, -0.2) is 19.6 Å². The molecule has 2 heterocycles. The quantitative estimate of drug-likeness (QED) is 0.791. The molecular weight excluding hydrogens is 278 g/mol. The first-order valence-corrected chi connectivity index (χ1v) is 6.70. The Morgan fingerprint density at radius 2 is 1.95 bits per heavy atom. The van der Waals surface area contributed by atoms with Crippen molar-refractivity contribution in [2.75, 3.05) is 5.32 Å². The lowest BCUT2D eigenvalue weighted by atomic mass is 10.1. The molecule has 0 radical (unpaired) electrons. The van der Waals surface area contributed by atoms with Gasteiger partial charge in [-0.05, 0) is 24.6 Å². The summed E-state index contributed by atoms with van der Waals surface area (Å²) in [6.45, 7) is 2.00. The fraction of sp³-hybridized carbons (Fsp3) is 0.133. The molecule has 0 amide bonds. The molecule has 3 rings (SSSR count). The van der Waals surface area contributed by atoms with Gasteiger partial charge in [0, 0.05) is 12.4 Å². The summed E-state index contributed by atoms with van der Waals surface area (Å²) in [6.07, 6.45) is 6.20. The van der Waals surface area contributed by atoms with Gasteiger partial charge in [-0.3, -0.25) is 0 Å². The topological polar surface area (TPSA) is 92.3 Å². The lowest BCUT2D eigenvalue weighted by Crippen LogP contribution is -2.10. The Hall–Kier alpha value is -3.27. The maximum Gasteiger partial charge on any atom is 0.182 e. The van der Waals surface area contributed by atoms with E-state index in [-0.39, 0.29) is 11.7 Å². The molecule has 0 aliphatic rings. The maximum absolute atomic E-state index is 9.04. The van der Waals surface area contributed by atoms with Crippen molar-refractivity contribution in [1.82, 2.24) is 24.7 Å². The summed E-state index contributed by atoms with van der Waals surface area (Å²) in [5, 5.41) is 16.3. The zero-order valence-corrected chi connectivity index (χ0v) is 11.9. The molecule has 0 unspecified atom stereocenters. The van der Waals surface area contributed by atoms with Crippen LogP contribution in [0.25, 0.3) is 5.69 Å². The van der Waals surface area contributed by atoms with Crippen LogP contribution >= 0.6 is 0 Å². The second kappa shape index (κ2) is 6.01. The fourth-order valence-corrected chi connectivity index (χ4v) is 2.07. The molecule has 0 spiro atoms. The molecule has 3 aromatic rings. The molecule has 0 fully saturated rings. The van der Waals surface area contributed by atoms with E-state index in [2.05, 4.69) is 25.4 Å². The van der Waals surface area contributed by atoms with E-state index >= 15 is 0 Å². The molecule has 7 heteroatoms. The lowest BCUT2D eigenvalue weighted by Gasteiger charge is -2.15. The molecule has 2 aromatic heterocycles. The summed E-state index contributed by atoms with van der Waals surface area (Å²) in [5.74, 6) is 0.484. The molecule has 0 saturated carbocycles. The van der Waals surface area contributed by atoms with Crippen molar-refractivity contribution in [2.45, 2.75) is 13.0 Å². The summed E-state index contributed by atoms with van der Waals surface area (Å²) in [4.78, 5) is 12.1. The number of benzene rings is 1. The van der Waals surface area contributed by atoms with Crippen LogP contribution in [-0.4, -0.2) is 24.7 Å². The normalized spacial score (nSPS) is 11.6. The molecule has 1 N–H and O–H groups in total. The average Bonchev–Trinajstić information content (AvgIpc) is 3.10. The lowest BCUT2D eigenvalue weighted by molar-refractivity contribution is 0.855. The van der Waals surface area contributed by atoms with Gasteiger partial charge in [0.1, 0.15) is 18.7 Å². The Morgan fingerprint density at radius 3 is 2.64 bits per heavy atom. The molecule has 22 heavy (non-hydrogen) atoms. The largest absolute Gasteiger partial charge is 0.361 e. The number of nitrogens with zero attached hydrogens (tertiary/aromatic N) is 6. The van der Waals surface area contributed by atoms with E-state index in [1.807, 2.05) is 37.3 Å². The van der Waals surface area contributed by atoms with Gasteiger partial charge in [-0.1, -0.05) is 12.1 Å². The Morgan fingerprint density at radius 1 is 1.18 bits per heavy atom. The van der Waals surface area contributed by atoms with Crippen molar-refractivity contribution in [1.29, 1.82) is 5.26 Å². The van der Waals surface area contributed by atoms with Gasteiger partial charge >= 0.3 is 0 Å². The zero-order valence-electron chi connectivity index (χ0n) is 11.9. The second-order valence-corrected chi connectivity index (χ2v) is 4.66. The Bertz CT molecular complexity index is 788. The minimum atomic E-state index is -0.00593. The van der Waals surface area contributed by atoms with Gasteiger partial charge in [0.25, 0.3) is 0 Å². The summed E-state index contributed by atoms with van der Waals surface area (Å²) in [6, 6.07) is 9.94. The SMILES string of the molecule is C[C@@H](Nc1nccnc1C#N)c1ccc(-n2cncn2)cc1. The summed E-state index contributed by atoms with van der Waals surface area (Å²) in [7, 11) is 0. The molecule has 0 bridgehead atoms. The van der Waals surface area contributed by atoms with Crippen LogP contribution in [0.4, 0.5) is 5.82 Å². The van der Waals surface area contributed by atoms with E-state index < -0.39 is 0 Å². The highest BCUT2D eigenvalue weighted by atomic mass is 15.3. The predicted molar refractivity (Wildman–Crippen MR) is 80.1 cm³/mol. The summed E-state index contributed by atoms with van der Waals surface area (Å²) >= 11 is 0. The Labute approximate surface area is 127 Å². The third-order valence-electron chi connectivity index (χ3n) is 3.23. The number of nitrogens with one attached hydrogen (secondary N) is 1. The third-order valence-corrected chi connectivity index (χ3v) is 3.23. The van der Waals surface area contributed by atoms with Gasteiger partial charge in [-0.2, -0.15) is 10.4 Å². The number of anilines is 1. The van der Waals surface area contributed by atoms with Crippen molar-refractivity contribution < 1.29 is 0 Å². The molecule has 7 nitrogen and oxygen atoms in total. The number of hydrogen-bond acceptors (Lipinski definition) is 6.